The number of rotatable bonds is 4. The Labute approximate surface area is 105 Å². The van der Waals surface area contributed by atoms with Gasteiger partial charge in [-0.3, -0.25) is 4.79 Å². The van der Waals surface area contributed by atoms with Crippen molar-refractivity contribution in [2.24, 2.45) is 0 Å². The third kappa shape index (κ3) is 1.98. The topological polar surface area (TPSA) is 35.5 Å². The molecule has 0 aliphatic rings. The minimum absolute atomic E-state index is 0.159. The van der Waals surface area contributed by atoms with Crippen molar-refractivity contribution in [3.05, 3.63) is 27.5 Å². The quantitative estimate of drug-likeness (QED) is 0.641. The van der Waals surface area contributed by atoms with Crippen molar-refractivity contribution in [1.82, 2.24) is 0 Å². The van der Waals surface area contributed by atoms with E-state index in [1.54, 1.807) is 18.4 Å². The van der Waals surface area contributed by atoms with Gasteiger partial charge in [-0.2, -0.15) is 0 Å². The SMILES string of the molecule is COCOc1c(Br)c(C=O)cc2sccc12. The zero-order valence-electron chi connectivity index (χ0n) is 8.53. The molecule has 0 amide bonds. The highest BCUT2D eigenvalue weighted by Crippen LogP contribution is 2.38. The first-order valence-electron chi connectivity index (χ1n) is 4.54. The van der Waals surface area contributed by atoms with Gasteiger partial charge < -0.3 is 9.47 Å². The van der Waals surface area contributed by atoms with E-state index in [9.17, 15) is 4.79 Å². The van der Waals surface area contributed by atoms with Crippen molar-refractivity contribution in [2.45, 2.75) is 0 Å². The van der Waals surface area contributed by atoms with Crippen LogP contribution in [-0.2, 0) is 4.74 Å². The molecule has 2 rings (SSSR count). The van der Waals surface area contributed by atoms with E-state index in [1.807, 2.05) is 17.5 Å². The van der Waals surface area contributed by atoms with Crippen LogP contribution >= 0.6 is 27.3 Å². The molecule has 0 spiro atoms. The smallest absolute Gasteiger partial charge is 0.188 e. The fourth-order valence-electron chi connectivity index (χ4n) is 1.42. The minimum atomic E-state index is 0.159. The van der Waals surface area contributed by atoms with Gasteiger partial charge in [-0.15, -0.1) is 11.3 Å². The first kappa shape index (κ1) is 11.6. The normalized spacial score (nSPS) is 10.6. The number of ether oxygens (including phenoxy) is 2. The Bertz CT molecular complexity index is 521. The molecule has 1 aromatic carbocycles. The molecule has 0 saturated heterocycles. The molecule has 0 atom stereocenters. The summed E-state index contributed by atoms with van der Waals surface area (Å²) in [6.07, 6.45) is 0.808. The summed E-state index contributed by atoms with van der Waals surface area (Å²) in [6.45, 7) is 0.159. The zero-order chi connectivity index (χ0) is 11.5. The van der Waals surface area contributed by atoms with Crippen molar-refractivity contribution >= 4 is 43.6 Å². The Morgan fingerprint density at radius 2 is 2.38 bits per heavy atom. The molecule has 1 heterocycles. The maximum Gasteiger partial charge on any atom is 0.188 e. The second-order valence-corrected chi connectivity index (χ2v) is 4.85. The summed E-state index contributed by atoms with van der Waals surface area (Å²) < 4.78 is 12.0. The molecule has 16 heavy (non-hydrogen) atoms. The number of carbonyl (C=O) groups excluding carboxylic acids is 1. The lowest BCUT2D eigenvalue weighted by atomic mass is 10.2. The van der Waals surface area contributed by atoms with E-state index in [0.29, 0.717) is 15.8 Å². The van der Waals surface area contributed by atoms with Crippen LogP contribution < -0.4 is 4.74 Å². The average Bonchev–Trinajstić information content (AvgIpc) is 2.75. The van der Waals surface area contributed by atoms with Gasteiger partial charge in [0.05, 0.1) is 4.47 Å². The van der Waals surface area contributed by atoms with E-state index >= 15 is 0 Å². The predicted molar refractivity (Wildman–Crippen MR) is 67.4 cm³/mol. The molecule has 2 aromatic rings. The molecule has 0 aliphatic heterocycles. The Kier molecular flexibility index (Phi) is 3.58. The summed E-state index contributed by atoms with van der Waals surface area (Å²) in [4.78, 5) is 10.9. The standard InChI is InChI=1S/C11H9BrO3S/c1-14-6-15-11-8-2-3-16-9(8)4-7(5-13)10(11)12/h2-5H,6H2,1H3. The Hall–Kier alpha value is -0.910. The van der Waals surface area contributed by atoms with Crippen LogP contribution in [0, 0.1) is 0 Å². The molecule has 0 unspecified atom stereocenters. The van der Waals surface area contributed by atoms with Gasteiger partial charge in [0.25, 0.3) is 0 Å². The van der Waals surface area contributed by atoms with Gasteiger partial charge in [0.1, 0.15) is 5.75 Å². The number of thiophene rings is 1. The summed E-state index contributed by atoms with van der Waals surface area (Å²) >= 11 is 4.94. The van der Waals surface area contributed by atoms with Crippen LogP contribution in [0.4, 0.5) is 0 Å². The molecule has 0 N–H and O–H groups in total. The van der Waals surface area contributed by atoms with Crippen LogP contribution in [0.2, 0.25) is 0 Å². The van der Waals surface area contributed by atoms with E-state index in [0.717, 1.165) is 16.4 Å². The van der Waals surface area contributed by atoms with Gasteiger partial charge in [0.2, 0.25) is 0 Å². The number of carbonyl (C=O) groups is 1. The summed E-state index contributed by atoms with van der Waals surface area (Å²) in [7, 11) is 1.56. The second kappa shape index (κ2) is 4.95. The maximum absolute atomic E-state index is 10.9. The number of fused-ring (bicyclic) bond motifs is 1. The zero-order valence-corrected chi connectivity index (χ0v) is 10.9. The molecule has 5 heteroatoms. The van der Waals surface area contributed by atoms with Gasteiger partial charge in [0.15, 0.2) is 13.1 Å². The lowest BCUT2D eigenvalue weighted by Crippen LogP contribution is -2.00. The van der Waals surface area contributed by atoms with Crippen LogP contribution in [0.15, 0.2) is 22.0 Å². The minimum Gasteiger partial charge on any atom is -0.466 e. The molecule has 84 valence electrons. The third-order valence-electron chi connectivity index (χ3n) is 2.13. The molecular weight excluding hydrogens is 292 g/mol. The Morgan fingerprint density at radius 1 is 1.56 bits per heavy atom. The van der Waals surface area contributed by atoms with Crippen LogP contribution in [0.5, 0.6) is 5.75 Å². The van der Waals surface area contributed by atoms with Gasteiger partial charge in [0, 0.05) is 22.8 Å². The van der Waals surface area contributed by atoms with E-state index in [4.69, 9.17) is 9.47 Å². The van der Waals surface area contributed by atoms with Gasteiger partial charge in [-0.1, -0.05) is 0 Å². The Morgan fingerprint density at radius 3 is 3.06 bits per heavy atom. The van der Waals surface area contributed by atoms with Gasteiger partial charge in [-0.05, 0) is 33.4 Å². The number of hydrogen-bond acceptors (Lipinski definition) is 4. The fraction of sp³-hybridized carbons (Fsp3) is 0.182. The van der Waals surface area contributed by atoms with Crippen LogP contribution in [0.3, 0.4) is 0 Å². The molecule has 3 nitrogen and oxygen atoms in total. The predicted octanol–water partition coefficient (Wildman–Crippen LogP) is 3.46. The number of halogens is 1. The molecule has 0 aliphatic carbocycles. The van der Waals surface area contributed by atoms with Crippen molar-refractivity contribution < 1.29 is 14.3 Å². The van der Waals surface area contributed by atoms with E-state index in [1.165, 1.54) is 0 Å². The monoisotopic (exact) mass is 300 g/mol. The van der Waals surface area contributed by atoms with E-state index < -0.39 is 0 Å². The van der Waals surface area contributed by atoms with Crippen molar-refractivity contribution in [2.75, 3.05) is 13.9 Å². The van der Waals surface area contributed by atoms with Crippen LogP contribution in [-0.4, -0.2) is 20.2 Å². The van der Waals surface area contributed by atoms with Crippen LogP contribution in [0.1, 0.15) is 10.4 Å². The van der Waals surface area contributed by atoms with Gasteiger partial charge in [-0.25, -0.2) is 0 Å². The largest absolute Gasteiger partial charge is 0.466 e. The third-order valence-corrected chi connectivity index (χ3v) is 3.81. The highest BCUT2D eigenvalue weighted by Gasteiger charge is 2.13. The first-order valence-corrected chi connectivity index (χ1v) is 6.21. The maximum atomic E-state index is 10.9. The first-order chi connectivity index (χ1) is 7.77. The van der Waals surface area contributed by atoms with Crippen molar-refractivity contribution in [3.63, 3.8) is 0 Å². The number of hydrogen-bond donors (Lipinski definition) is 0. The summed E-state index contributed by atoms with van der Waals surface area (Å²) in [5, 5.41) is 2.95. The lowest BCUT2D eigenvalue weighted by Gasteiger charge is -2.10. The molecular formula is C11H9BrO3S. The second-order valence-electron chi connectivity index (χ2n) is 3.11. The Balaban J connectivity index is 2.60. The highest BCUT2D eigenvalue weighted by molar-refractivity contribution is 9.10. The fourth-order valence-corrected chi connectivity index (χ4v) is 2.79. The number of methoxy groups -OCH3 is 1. The van der Waals surface area contributed by atoms with E-state index in [2.05, 4.69) is 15.9 Å². The lowest BCUT2D eigenvalue weighted by molar-refractivity contribution is 0.0516. The molecule has 0 radical (unpaired) electrons. The molecule has 0 saturated carbocycles. The van der Waals surface area contributed by atoms with Gasteiger partial charge >= 0.3 is 0 Å². The summed E-state index contributed by atoms with van der Waals surface area (Å²) in [6, 6.07) is 3.81. The highest BCUT2D eigenvalue weighted by atomic mass is 79.9. The van der Waals surface area contributed by atoms with Crippen LogP contribution in [0.25, 0.3) is 10.1 Å². The molecule has 0 bridgehead atoms. The number of benzene rings is 1. The number of aldehydes is 1. The van der Waals surface area contributed by atoms with Crippen molar-refractivity contribution in [1.29, 1.82) is 0 Å². The average molecular weight is 301 g/mol. The molecule has 0 fully saturated rings. The van der Waals surface area contributed by atoms with E-state index in [-0.39, 0.29) is 6.79 Å². The summed E-state index contributed by atoms with van der Waals surface area (Å²) in [5.41, 5.74) is 0.584. The van der Waals surface area contributed by atoms with Crippen molar-refractivity contribution in [3.8, 4) is 5.75 Å². The summed E-state index contributed by atoms with van der Waals surface area (Å²) in [5.74, 6) is 0.655. The molecule has 1 aromatic heterocycles.